The number of benzene rings is 4. The van der Waals surface area contributed by atoms with Crippen LogP contribution in [0, 0.1) is 13.8 Å². The summed E-state index contributed by atoms with van der Waals surface area (Å²) < 4.78 is 140. The number of anilines is 1. The molecule has 5 rings (SSSR count). The number of nitrogens with zero attached hydrogens (tertiary/aromatic N) is 2. The lowest BCUT2D eigenvalue weighted by Crippen LogP contribution is -2.24. The summed E-state index contributed by atoms with van der Waals surface area (Å²) in [6.45, 7) is 2.21. The second kappa shape index (κ2) is 14.5. The van der Waals surface area contributed by atoms with Gasteiger partial charge in [-0.15, -0.1) is 0 Å². The van der Waals surface area contributed by atoms with Gasteiger partial charge < -0.3 is 24.0 Å². The van der Waals surface area contributed by atoms with E-state index in [1.165, 1.54) is 38.2 Å². The van der Waals surface area contributed by atoms with E-state index in [0.29, 0.717) is 34.4 Å². The molecule has 0 aliphatic carbocycles. The van der Waals surface area contributed by atoms with Crippen molar-refractivity contribution in [2.24, 2.45) is 0 Å². The Morgan fingerprint density at radius 3 is 1.87 bits per heavy atom. The Bertz CT molecular complexity index is 2020. The fourth-order valence-electron chi connectivity index (χ4n) is 5.81. The highest BCUT2D eigenvalue weighted by Crippen LogP contribution is 2.41. The van der Waals surface area contributed by atoms with Gasteiger partial charge in [-0.25, -0.2) is 0 Å². The van der Waals surface area contributed by atoms with Crippen LogP contribution in [0.2, 0.25) is 0 Å². The second-order valence-corrected chi connectivity index (χ2v) is 12.0. The van der Waals surface area contributed by atoms with Crippen LogP contribution in [0.5, 0.6) is 5.75 Å². The molecule has 1 N–H and O–H groups in total. The van der Waals surface area contributed by atoms with Crippen LogP contribution in [-0.4, -0.2) is 24.5 Å². The Kier molecular flexibility index (Phi) is 10.7. The maximum absolute atomic E-state index is 14.1. The van der Waals surface area contributed by atoms with E-state index >= 15 is 0 Å². The number of aliphatic hydroxyl groups excluding tert-OH is 1. The fourth-order valence-corrected chi connectivity index (χ4v) is 5.81. The van der Waals surface area contributed by atoms with E-state index in [1.807, 2.05) is 0 Å². The van der Waals surface area contributed by atoms with Crippen molar-refractivity contribution in [3.8, 4) is 28.0 Å². The number of aliphatic hydroxyl groups is 1. The lowest BCUT2D eigenvalue weighted by Gasteiger charge is -2.26. The molecule has 0 amide bonds. The number of ether oxygens (including phenoxy) is 2. The fraction of sp³-hybridized carbons (Fsp3) is 0.270. The minimum atomic E-state index is -5.12. The van der Waals surface area contributed by atoms with Crippen LogP contribution >= 0.6 is 0 Å². The van der Waals surface area contributed by atoms with Gasteiger partial charge in [-0.1, -0.05) is 35.5 Å². The van der Waals surface area contributed by atoms with Gasteiger partial charge in [0.1, 0.15) is 11.5 Å². The zero-order valence-electron chi connectivity index (χ0n) is 28.0. The zero-order chi connectivity index (χ0) is 38.2. The first-order valence-corrected chi connectivity index (χ1v) is 15.5. The van der Waals surface area contributed by atoms with Crippen LogP contribution in [-0.2, 0) is 36.4 Å². The molecule has 1 heterocycles. The highest BCUT2D eigenvalue weighted by molar-refractivity contribution is 5.81. The number of aryl methyl sites for hydroxylation is 2. The molecular formula is C37H31F9N2O4. The number of hydrogen-bond acceptors (Lipinski definition) is 6. The highest BCUT2D eigenvalue weighted by atomic mass is 19.4. The SMILES string of the molecule is COc1ccc(-c2ccc(C(O)OC)cc2C)cc1-c1ccc(C(F)(F)F)cc1CN(Cc1cc(C(F)(F)F)cc(C(F)(F)F)c1)c1cc(C)on1. The number of alkyl halides is 9. The molecule has 0 radical (unpaired) electrons. The molecule has 0 saturated heterocycles. The van der Waals surface area contributed by atoms with Crippen molar-refractivity contribution in [2.75, 3.05) is 19.1 Å². The third kappa shape index (κ3) is 8.53. The molecule has 15 heteroatoms. The van der Waals surface area contributed by atoms with E-state index in [4.69, 9.17) is 14.0 Å². The molecule has 0 saturated carbocycles. The van der Waals surface area contributed by atoms with Gasteiger partial charge in [0.25, 0.3) is 0 Å². The van der Waals surface area contributed by atoms with Gasteiger partial charge in [-0.2, -0.15) is 39.5 Å². The van der Waals surface area contributed by atoms with E-state index in [1.54, 1.807) is 43.3 Å². The maximum atomic E-state index is 14.1. The molecule has 1 unspecified atom stereocenters. The summed E-state index contributed by atoms with van der Waals surface area (Å²) >= 11 is 0. The van der Waals surface area contributed by atoms with Crippen LogP contribution in [0.4, 0.5) is 45.3 Å². The number of aromatic nitrogens is 1. The van der Waals surface area contributed by atoms with Crippen molar-refractivity contribution in [1.82, 2.24) is 5.16 Å². The third-order valence-electron chi connectivity index (χ3n) is 8.31. The van der Waals surface area contributed by atoms with Gasteiger partial charge in [0.15, 0.2) is 12.1 Å². The van der Waals surface area contributed by atoms with Gasteiger partial charge >= 0.3 is 18.5 Å². The first-order valence-electron chi connectivity index (χ1n) is 15.5. The highest BCUT2D eigenvalue weighted by Gasteiger charge is 2.37. The summed E-state index contributed by atoms with van der Waals surface area (Å²) in [5.74, 6) is 0.463. The lowest BCUT2D eigenvalue weighted by molar-refractivity contribution is -0.143. The van der Waals surface area contributed by atoms with Crippen LogP contribution in [0.1, 0.15) is 51.0 Å². The summed E-state index contributed by atoms with van der Waals surface area (Å²) in [5, 5.41) is 14.0. The largest absolute Gasteiger partial charge is 0.496 e. The smallest absolute Gasteiger partial charge is 0.416 e. The van der Waals surface area contributed by atoms with E-state index < -0.39 is 60.2 Å². The molecule has 1 aromatic heterocycles. The summed E-state index contributed by atoms with van der Waals surface area (Å²) in [6.07, 6.45) is -16.2. The van der Waals surface area contributed by atoms with Gasteiger partial charge in [0.2, 0.25) is 0 Å². The van der Waals surface area contributed by atoms with Crippen molar-refractivity contribution in [3.63, 3.8) is 0 Å². The molecule has 5 aromatic rings. The summed E-state index contributed by atoms with van der Waals surface area (Å²) in [5.41, 5.74) is -1.39. The average molecular weight is 739 g/mol. The first-order chi connectivity index (χ1) is 24.3. The normalized spacial score (nSPS) is 13.0. The van der Waals surface area contributed by atoms with Crippen molar-refractivity contribution in [3.05, 3.63) is 124 Å². The average Bonchev–Trinajstić information content (AvgIpc) is 3.52. The molecule has 0 aliphatic rings. The summed E-state index contributed by atoms with van der Waals surface area (Å²) in [4.78, 5) is 1.23. The maximum Gasteiger partial charge on any atom is 0.416 e. The Hall–Kier alpha value is -5.02. The molecule has 1 atom stereocenters. The van der Waals surface area contributed by atoms with Crippen molar-refractivity contribution < 1.29 is 58.6 Å². The number of rotatable bonds is 10. The van der Waals surface area contributed by atoms with Crippen LogP contribution in [0.15, 0.2) is 83.4 Å². The van der Waals surface area contributed by atoms with E-state index in [-0.39, 0.29) is 34.5 Å². The van der Waals surface area contributed by atoms with Gasteiger partial charge in [0, 0.05) is 37.4 Å². The predicted octanol–water partition coefficient (Wildman–Crippen LogP) is 10.5. The first kappa shape index (κ1) is 38.2. The molecule has 52 heavy (non-hydrogen) atoms. The zero-order valence-corrected chi connectivity index (χ0v) is 28.0. The summed E-state index contributed by atoms with van der Waals surface area (Å²) in [7, 11) is 2.71. The molecule has 0 fully saturated rings. The van der Waals surface area contributed by atoms with Crippen molar-refractivity contribution >= 4 is 5.82 Å². The monoisotopic (exact) mass is 738 g/mol. The van der Waals surface area contributed by atoms with Crippen LogP contribution < -0.4 is 9.64 Å². The van der Waals surface area contributed by atoms with Crippen LogP contribution in [0.3, 0.4) is 0 Å². The molecule has 6 nitrogen and oxygen atoms in total. The molecule has 0 spiro atoms. The molecular weight excluding hydrogens is 707 g/mol. The minimum Gasteiger partial charge on any atom is -0.496 e. The lowest BCUT2D eigenvalue weighted by atomic mass is 9.91. The number of halogens is 9. The quantitative estimate of drug-likeness (QED) is 0.114. The summed E-state index contributed by atoms with van der Waals surface area (Å²) in [6, 6.07) is 15.5. The van der Waals surface area contributed by atoms with Crippen molar-refractivity contribution in [2.45, 2.75) is 51.8 Å². The van der Waals surface area contributed by atoms with Gasteiger partial charge in [-0.3, -0.25) is 0 Å². The molecule has 276 valence electrons. The molecule has 4 aromatic carbocycles. The molecule has 0 aliphatic heterocycles. The Labute approximate surface area is 292 Å². The van der Waals surface area contributed by atoms with E-state index in [0.717, 1.165) is 17.7 Å². The van der Waals surface area contributed by atoms with E-state index in [2.05, 4.69) is 5.16 Å². The third-order valence-corrected chi connectivity index (χ3v) is 8.31. The van der Waals surface area contributed by atoms with Crippen molar-refractivity contribution in [1.29, 1.82) is 0 Å². The van der Waals surface area contributed by atoms with Gasteiger partial charge in [0.05, 0.1) is 23.8 Å². The Morgan fingerprint density at radius 1 is 0.692 bits per heavy atom. The van der Waals surface area contributed by atoms with E-state index in [9.17, 15) is 44.6 Å². The second-order valence-electron chi connectivity index (χ2n) is 12.0. The number of hydrogen-bond donors (Lipinski definition) is 1. The standard InChI is InChI=1S/C37H31F9N2O4/c1-20-11-24(34(49)51-4)5-8-29(20)23-6-10-32(50-3)31(16-23)30-9-7-26(35(38,39)40)15-25(30)19-48(33-12-21(2)52-47-33)18-22-13-27(36(41,42)43)17-28(14-22)37(44,45)46/h5-17,34,49H,18-19H2,1-4H3. The Balaban J connectivity index is 1.67. The van der Waals surface area contributed by atoms with Crippen LogP contribution in [0.25, 0.3) is 22.3 Å². The number of methoxy groups -OCH3 is 2. The minimum absolute atomic E-state index is 0.00392. The molecule has 0 bridgehead atoms. The predicted molar refractivity (Wildman–Crippen MR) is 173 cm³/mol. The topological polar surface area (TPSA) is 68.0 Å². The van der Waals surface area contributed by atoms with Gasteiger partial charge in [-0.05, 0) is 89.7 Å². The Morgan fingerprint density at radius 2 is 1.33 bits per heavy atom.